The van der Waals surface area contributed by atoms with Crippen molar-refractivity contribution >= 4 is 11.8 Å². The summed E-state index contributed by atoms with van der Waals surface area (Å²) in [6.07, 6.45) is -2.18. The van der Waals surface area contributed by atoms with Crippen molar-refractivity contribution < 1.29 is 22.8 Å². The first-order chi connectivity index (χ1) is 7.88. The van der Waals surface area contributed by atoms with Gasteiger partial charge in [-0.25, -0.2) is 0 Å². The second-order valence-electron chi connectivity index (χ2n) is 3.56. The molecule has 0 rings (SSSR count). The summed E-state index contributed by atoms with van der Waals surface area (Å²) in [4.78, 5) is 21.5. The van der Waals surface area contributed by atoms with Gasteiger partial charge in [0.1, 0.15) is 0 Å². The first-order valence-electron chi connectivity index (χ1n) is 5.49. The lowest BCUT2D eigenvalue weighted by molar-refractivity contribution is -0.173. The van der Waals surface area contributed by atoms with E-state index in [1.165, 1.54) is 0 Å². The molecule has 0 aliphatic rings. The van der Waals surface area contributed by atoms with Gasteiger partial charge in [-0.3, -0.25) is 9.59 Å². The van der Waals surface area contributed by atoms with Crippen molar-refractivity contribution in [2.75, 3.05) is 13.1 Å². The molecule has 0 aromatic carbocycles. The standard InChI is InChI=1S/C10H17F3N2O2/c1-2-3-4-6-14-8(16)5-7-15-9(17)10(11,12)13/h2-7H2,1H3,(H,14,16)(H,15,17). The Balaban J connectivity index is 3.55. The SMILES string of the molecule is CCCCCNC(=O)CCNC(=O)C(F)(F)F. The number of nitrogens with one attached hydrogen (secondary N) is 2. The lowest BCUT2D eigenvalue weighted by atomic mass is 10.2. The Hall–Kier alpha value is -1.27. The van der Waals surface area contributed by atoms with E-state index in [0.717, 1.165) is 19.3 Å². The molecule has 0 bridgehead atoms. The summed E-state index contributed by atoms with van der Waals surface area (Å²) in [7, 11) is 0. The largest absolute Gasteiger partial charge is 0.471 e. The van der Waals surface area contributed by atoms with Crippen LogP contribution >= 0.6 is 0 Å². The molecule has 0 aromatic heterocycles. The van der Waals surface area contributed by atoms with E-state index in [-0.39, 0.29) is 18.9 Å². The van der Waals surface area contributed by atoms with Crippen molar-refractivity contribution in [1.82, 2.24) is 10.6 Å². The van der Waals surface area contributed by atoms with E-state index in [2.05, 4.69) is 5.32 Å². The number of hydrogen-bond acceptors (Lipinski definition) is 2. The van der Waals surface area contributed by atoms with Crippen LogP contribution in [0.3, 0.4) is 0 Å². The van der Waals surface area contributed by atoms with Crippen LogP contribution in [0.5, 0.6) is 0 Å². The van der Waals surface area contributed by atoms with Crippen LogP contribution in [-0.2, 0) is 9.59 Å². The van der Waals surface area contributed by atoms with Crippen LogP contribution in [0.2, 0.25) is 0 Å². The van der Waals surface area contributed by atoms with Crippen LogP contribution in [-0.4, -0.2) is 31.1 Å². The monoisotopic (exact) mass is 254 g/mol. The zero-order valence-corrected chi connectivity index (χ0v) is 9.69. The number of carbonyl (C=O) groups is 2. The van der Waals surface area contributed by atoms with Gasteiger partial charge in [-0.2, -0.15) is 13.2 Å². The molecule has 0 saturated heterocycles. The van der Waals surface area contributed by atoms with Crippen molar-refractivity contribution in [3.63, 3.8) is 0 Å². The van der Waals surface area contributed by atoms with E-state index in [0.29, 0.717) is 6.54 Å². The van der Waals surface area contributed by atoms with Gasteiger partial charge in [-0.15, -0.1) is 0 Å². The minimum atomic E-state index is -4.89. The second-order valence-corrected chi connectivity index (χ2v) is 3.56. The molecular weight excluding hydrogens is 237 g/mol. The summed E-state index contributed by atoms with van der Waals surface area (Å²) in [5.41, 5.74) is 0. The van der Waals surface area contributed by atoms with E-state index >= 15 is 0 Å². The molecule has 17 heavy (non-hydrogen) atoms. The minimum absolute atomic E-state index is 0.145. The molecule has 0 aliphatic heterocycles. The summed E-state index contributed by atoms with van der Waals surface area (Å²) in [6, 6.07) is 0. The molecule has 0 aromatic rings. The van der Waals surface area contributed by atoms with E-state index in [1.807, 2.05) is 6.92 Å². The van der Waals surface area contributed by atoms with Crippen molar-refractivity contribution in [3.8, 4) is 0 Å². The number of hydrogen-bond donors (Lipinski definition) is 2. The van der Waals surface area contributed by atoms with Gasteiger partial charge >= 0.3 is 12.1 Å². The predicted molar refractivity (Wildman–Crippen MR) is 56.2 cm³/mol. The molecule has 4 nitrogen and oxygen atoms in total. The van der Waals surface area contributed by atoms with Crippen molar-refractivity contribution in [2.24, 2.45) is 0 Å². The second kappa shape index (κ2) is 7.92. The Morgan fingerprint density at radius 1 is 1.06 bits per heavy atom. The highest BCUT2D eigenvalue weighted by Gasteiger charge is 2.38. The molecule has 0 saturated carbocycles. The molecule has 0 unspecified atom stereocenters. The molecule has 7 heteroatoms. The summed E-state index contributed by atoms with van der Waals surface area (Å²) in [5.74, 6) is -2.38. The Labute approximate surface area is 97.9 Å². The molecule has 100 valence electrons. The van der Waals surface area contributed by atoms with Gasteiger partial charge < -0.3 is 10.6 Å². The predicted octanol–water partition coefficient (Wildman–Crippen LogP) is 1.36. The Bertz CT molecular complexity index is 254. The van der Waals surface area contributed by atoms with Crippen LogP contribution in [0.25, 0.3) is 0 Å². The fourth-order valence-electron chi connectivity index (χ4n) is 1.08. The Kier molecular flexibility index (Phi) is 7.32. The highest BCUT2D eigenvalue weighted by molar-refractivity contribution is 5.82. The quantitative estimate of drug-likeness (QED) is 0.674. The van der Waals surface area contributed by atoms with Crippen LogP contribution in [0.1, 0.15) is 32.6 Å². The fourth-order valence-corrected chi connectivity index (χ4v) is 1.08. The number of halogens is 3. The van der Waals surface area contributed by atoms with Crippen LogP contribution in [0.4, 0.5) is 13.2 Å². The molecule has 2 amide bonds. The van der Waals surface area contributed by atoms with E-state index in [9.17, 15) is 22.8 Å². The average molecular weight is 254 g/mol. The Morgan fingerprint density at radius 3 is 2.24 bits per heavy atom. The molecule has 0 heterocycles. The minimum Gasteiger partial charge on any atom is -0.356 e. The topological polar surface area (TPSA) is 58.2 Å². The third kappa shape index (κ3) is 8.53. The van der Waals surface area contributed by atoms with Gasteiger partial charge in [0.05, 0.1) is 0 Å². The van der Waals surface area contributed by atoms with Gasteiger partial charge in [0.25, 0.3) is 0 Å². The molecule has 0 fully saturated rings. The van der Waals surface area contributed by atoms with Crippen molar-refractivity contribution in [1.29, 1.82) is 0 Å². The third-order valence-electron chi connectivity index (χ3n) is 2.00. The van der Waals surface area contributed by atoms with Gasteiger partial charge in [0.15, 0.2) is 0 Å². The van der Waals surface area contributed by atoms with Crippen molar-refractivity contribution in [3.05, 3.63) is 0 Å². The first-order valence-corrected chi connectivity index (χ1v) is 5.49. The molecular formula is C10H17F3N2O2. The number of alkyl halides is 3. The van der Waals surface area contributed by atoms with E-state index in [4.69, 9.17) is 0 Å². The lowest BCUT2D eigenvalue weighted by Crippen LogP contribution is -2.39. The van der Waals surface area contributed by atoms with Crippen LogP contribution in [0.15, 0.2) is 0 Å². The first kappa shape index (κ1) is 15.7. The molecule has 0 radical (unpaired) electrons. The fraction of sp³-hybridized carbons (Fsp3) is 0.800. The van der Waals surface area contributed by atoms with Crippen LogP contribution in [0, 0.1) is 0 Å². The normalized spacial score (nSPS) is 11.1. The van der Waals surface area contributed by atoms with Crippen LogP contribution < -0.4 is 10.6 Å². The average Bonchev–Trinajstić information content (AvgIpc) is 2.23. The lowest BCUT2D eigenvalue weighted by Gasteiger charge is -2.08. The smallest absolute Gasteiger partial charge is 0.356 e. The Morgan fingerprint density at radius 2 is 1.71 bits per heavy atom. The van der Waals surface area contributed by atoms with Crippen molar-refractivity contribution in [2.45, 2.75) is 38.8 Å². The van der Waals surface area contributed by atoms with Gasteiger partial charge in [-0.1, -0.05) is 19.8 Å². The zero-order chi connectivity index (χ0) is 13.3. The maximum atomic E-state index is 11.7. The number of unbranched alkanes of at least 4 members (excludes halogenated alkanes) is 2. The number of amides is 2. The highest BCUT2D eigenvalue weighted by atomic mass is 19.4. The summed E-state index contributed by atoms with van der Waals surface area (Å²) >= 11 is 0. The maximum absolute atomic E-state index is 11.7. The van der Waals surface area contributed by atoms with E-state index < -0.39 is 12.1 Å². The summed E-state index contributed by atoms with van der Waals surface area (Å²) < 4.78 is 35.2. The molecule has 2 N–H and O–H groups in total. The van der Waals surface area contributed by atoms with Gasteiger partial charge in [0, 0.05) is 19.5 Å². The third-order valence-corrected chi connectivity index (χ3v) is 2.00. The maximum Gasteiger partial charge on any atom is 0.471 e. The molecule has 0 aliphatic carbocycles. The van der Waals surface area contributed by atoms with Gasteiger partial charge in [0.2, 0.25) is 5.91 Å². The van der Waals surface area contributed by atoms with E-state index in [1.54, 1.807) is 5.32 Å². The zero-order valence-electron chi connectivity index (χ0n) is 9.69. The number of rotatable bonds is 7. The number of carbonyl (C=O) groups excluding carboxylic acids is 2. The summed E-state index contributed by atoms with van der Waals surface area (Å²) in [6.45, 7) is 2.23. The molecule has 0 atom stereocenters. The summed E-state index contributed by atoms with van der Waals surface area (Å²) in [5, 5.41) is 4.19. The highest BCUT2D eigenvalue weighted by Crippen LogP contribution is 2.13. The van der Waals surface area contributed by atoms with Gasteiger partial charge in [-0.05, 0) is 6.42 Å². The molecule has 0 spiro atoms.